The van der Waals surface area contributed by atoms with E-state index in [1.54, 1.807) is 11.8 Å². The first-order valence-corrected chi connectivity index (χ1v) is 9.26. The molecule has 0 radical (unpaired) electrons. The molecule has 1 fully saturated rings. The Balaban J connectivity index is 1.67. The first-order chi connectivity index (χ1) is 11.9. The minimum Gasteiger partial charge on any atom is -0.383 e. The standard InChI is InChI=1S/C20H22N2O2S/c1-19(2,3)13-7-9-14(10-8-13)25-16-6-4-5-15-17(16)18(21)22-20(15)23-11-12-24-20/h4-10H,11-12H2,1-3H3,(H2,21,22). The van der Waals surface area contributed by atoms with E-state index >= 15 is 0 Å². The highest BCUT2D eigenvalue weighted by Gasteiger charge is 2.46. The molecular formula is C20H22N2O2S. The molecule has 1 spiro atoms. The monoisotopic (exact) mass is 354 g/mol. The van der Waals surface area contributed by atoms with Crippen LogP contribution < -0.4 is 5.73 Å². The van der Waals surface area contributed by atoms with Crippen LogP contribution in [0.25, 0.3) is 0 Å². The fourth-order valence-electron chi connectivity index (χ4n) is 3.19. The lowest BCUT2D eigenvalue weighted by molar-refractivity contribution is -0.155. The zero-order chi connectivity index (χ0) is 17.7. The number of rotatable bonds is 2. The topological polar surface area (TPSA) is 56.8 Å². The quantitative estimate of drug-likeness (QED) is 0.885. The summed E-state index contributed by atoms with van der Waals surface area (Å²) in [4.78, 5) is 6.71. The van der Waals surface area contributed by atoms with E-state index in [-0.39, 0.29) is 5.41 Å². The molecule has 2 aromatic rings. The van der Waals surface area contributed by atoms with E-state index < -0.39 is 5.91 Å². The Labute approximate surface area is 152 Å². The normalized spacial score (nSPS) is 18.4. The van der Waals surface area contributed by atoms with Crippen molar-refractivity contribution in [3.8, 4) is 0 Å². The van der Waals surface area contributed by atoms with Gasteiger partial charge in [-0.15, -0.1) is 0 Å². The first kappa shape index (κ1) is 16.6. The number of aliphatic imine (C=N–C) groups is 1. The van der Waals surface area contributed by atoms with Gasteiger partial charge in [0, 0.05) is 20.9 Å². The number of ether oxygens (including phenoxy) is 2. The molecule has 2 heterocycles. The summed E-state index contributed by atoms with van der Waals surface area (Å²) in [5, 5.41) is 0. The molecule has 5 heteroatoms. The van der Waals surface area contributed by atoms with Crippen LogP contribution in [0, 0.1) is 0 Å². The van der Waals surface area contributed by atoms with Gasteiger partial charge in [-0.25, -0.2) is 4.99 Å². The number of hydrogen-bond donors (Lipinski definition) is 1. The second kappa shape index (κ2) is 5.87. The summed E-state index contributed by atoms with van der Waals surface area (Å²) in [5.74, 6) is -0.558. The second-order valence-corrected chi connectivity index (χ2v) is 8.45. The molecule has 2 N–H and O–H groups in total. The molecule has 2 aromatic carbocycles. The van der Waals surface area contributed by atoms with Crippen molar-refractivity contribution in [2.24, 2.45) is 10.7 Å². The molecule has 0 aromatic heterocycles. The number of nitrogens with two attached hydrogens (primary N) is 1. The SMILES string of the molecule is CC(C)(C)c1ccc(Sc2cccc3c2C(N)=NC32OCCO2)cc1. The van der Waals surface area contributed by atoms with Crippen LogP contribution in [0.2, 0.25) is 0 Å². The maximum absolute atomic E-state index is 6.21. The van der Waals surface area contributed by atoms with Gasteiger partial charge < -0.3 is 15.2 Å². The average molecular weight is 354 g/mol. The summed E-state index contributed by atoms with van der Waals surface area (Å²) in [7, 11) is 0. The Kier molecular flexibility index (Phi) is 3.90. The molecule has 1 saturated heterocycles. The first-order valence-electron chi connectivity index (χ1n) is 8.45. The number of hydrogen-bond acceptors (Lipinski definition) is 5. The van der Waals surface area contributed by atoms with Crippen molar-refractivity contribution in [2.75, 3.05) is 13.2 Å². The molecule has 0 aliphatic carbocycles. The van der Waals surface area contributed by atoms with Crippen molar-refractivity contribution in [3.05, 3.63) is 59.2 Å². The third kappa shape index (κ3) is 2.86. The Morgan fingerprint density at radius 1 is 1.04 bits per heavy atom. The lowest BCUT2D eigenvalue weighted by atomic mass is 9.87. The molecule has 2 aliphatic rings. The van der Waals surface area contributed by atoms with Gasteiger partial charge in [-0.05, 0) is 29.2 Å². The van der Waals surface area contributed by atoms with Crippen LogP contribution in [-0.4, -0.2) is 19.0 Å². The van der Waals surface area contributed by atoms with Crippen LogP contribution in [0.5, 0.6) is 0 Å². The fourth-order valence-corrected chi connectivity index (χ4v) is 4.18. The van der Waals surface area contributed by atoms with E-state index in [9.17, 15) is 0 Å². The fraction of sp³-hybridized carbons (Fsp3) is 0.350. The third-order valence-corrected chi connectivity index (χ3v) is 5.59. The summed E-state index contributed by atoms with van der Waals surface area (Å²) >= 11 is 1.69. The molecule has 130 valence electrons. The molecule has 4 nitrogen and oxygen atoms in total. The predicted molar refractivity (Wildman–Crippen MR) is 100 cm³/mol. The van der Waals surface area contributed by atoms with Gasteiger partial charge in [0.15, 0.2) is 0 Å². The Morgan fingerprint density at radius 3 is 2.36 bits per heavy atom. The van der Waals surface area contributed by atoms with Crippen LogP contribution in [0.1, 0.15) is 37.5 Å². The average Bonchev–Trinajstić information content (AvgIpc) is 3.14. The van der Waals surface area contributed by atoms with E-state index in [0.717, 1.165) is 16.0 Å². The summed E-state index contributed by atoms with van der Waals surface area (Å²) in [5.41, 5.74) is 9.51. The smallest absolute Gasteiger partial charge is 0.300 e. The van der Waals surface area contributed by atoms with E-state index in [4.69, 9.17) is 15.2 Å². The largest absolute Gasteiger partial charge is 0.383 e. The van der Waals surface area contributed by atoms with Gasteiger partial charge in [0.1, 0.15) is 5.84 Å². The number of fused-ring (bicyclic) bond motifs is 2. The van der Waals surface area contributed by atoms with Crippen molar-refractivity contribution >= 4 is 17.6 Å². The second-order valence-electron chi connectivity index (χ2n) is 7.33. The Morgan fingerprint density at radius 2 is 1.72 bits per heavy atom. The lowest BCUT2D eigenvalue weighted by Gasteiger charge is -2.20. The summed E-state index contributed by atoms with van der Waals surface area (Å²) in [6.45, 7) is 7.72. The van der Waals surface area contributed by atoms with Crippen molar-refractivity contribution in [1.29, 1.82) is 0 Å². The highest BCUT2D eigenvalue weighted by molar-refractivity contribution is 7.99. The molecule has 4 rings (SSSR count). The van der Waals surface area contributed by atoms with Crippen LogP contribution in [0.4, 0.5) is 0 Å². The summed E-state index contributed by atoms with van der Waals surface area (Å²) < 4.78 is 11.5. The third-order valence-electron chi connectivity index (χ3n) is 4.52. The van der Waals surface area contributed by atoms with Crippen molar-refractivity contribution in [1.82, 2.24) is 0 Å². The van der Waals surface area contributed by atoms with E-state index in [1.807, 2.05) is 12.1 Å². The van der Waals surface area contributed by atoms with Gasteiger partial charge in [-0.1, -0.05) is 56.8 Å². The molecule has 0 atom stereocenters. The molecule has 0 saturated carbocycles. The summed E-state index contributed by atoms with van der Waals surface area (Å²) in [6.07, 6.45) is 0. The number of nitrogens with zero attached hydrogens (tertiary/aromatic N) is 1. The molecule has 2 aliphatic heterocycles. The molecular weight excluding hydrogens is 332 g/mol. The highest BCUT2D eigenvalue weighted by Crippen LogP contribution is 2.44. The maximum atomic E-state index is 6.21. The van der Waals surface area contributed by atoms with E-state index in [0.29, 0.717) is 19.0 Å². The molecule has 0 amide bonds. The van der Waals surface area contributed by atoms with Gasteiger partial charge in [0.25, 0.3) is 0 Å². The van der Waals surface area contributed by atoms with Crippen molar-refractivity contribution < 1.29 is 9.47 Å². The predicted octanol–water partition coefficient (Wildman–Crippen LogP) is 4.01. The van der Waals surface area contributed by atoms with E-state index in [1.165, 1.54) is 10.5 Å². The minimum atomic E-state index is -1.04. The Hall–Kier alpha value is -1.82. The van der Waals surface area contributed by atoms with Gasteiger partial charge in [-0.3, -0.25) is 0 Å². The molecule has 0 unspecified atom stereocenters. The minimum absolute atomic E-state index is 0.151. The summed E-state index contributed by atoms with van der Waals surface area (Å²) in [6, 6.07) is 14.7. The van der Waals surface area contributed by atoms with Gasteiger partial charge in [-0.2, -0.15) is 0 Å². The van der Waals surface area contributed by atoms with Gasteiger partial charge >= 0.3 is 5.91 Å². The van der Waals surface area contributed by atoms with Crippen LogP contribution in [-0.2, 0) is 20.8 Å². The van der Waals surface area contributed by atoms with E-state index in [2.05, 4.69) is 56.1 Å². The molecule has 25 heavy (non-hydrogen) atoms. The Bertz CT molecular complexity index is 832. The highest BCUT2D eigenvalue weighted by atomic mass is 32.2. The van der Waals surface area contributed by atoms with Crippen LogP contribution >= 0.6 is 11.8 Å². The van der Waals surface area contributed by atoms with Gasteiger partial charge in [0.2, 0.25) is 0 Å². The maximum Gasteiger partial charge on any atom is 0.300 e. The van der Waals surface area contributed by atoms with Crippen LogP contribution in [0.15, 0.2) is 57.2 Å². The van der Waals surface area contributed by atoms with Crippen molar-refractivity contribution in [3.63, 3.8) is 0 Å². The lowest BCUT2D eigenvalue weighted by Crippen LogP contribution is -2.22. The van der Waals surface area contributed by atoms with Crippen molar-refractivity contribution in [2.45, 2.75) is 41.9 Å². The molecule has 0 bridgehead atoms. The zero-order valence-electron chi connectivity index (χ0n) is 14.7. The van der Waals surface area contributed by atoms with Gasteiger partial charge in [0.05, 0.1) is 13.2 Å². The number of benzene rings is 2. The number of amidine groups is 1. The zero-order valence-corrected chi connectivity index (χ0v) is 15.5. The van der Waals surface area contributed by atoms with Crippen LogP contribution in [0.3, 0.4) is 0 Å².